The van der Waals surface area contributed by atoms with Crippen LogP contribution in [0.4, 0.5) is 0 Å². The van der Waals surface area contributed by atoms with Gasteiger partial charge in [0, 0.05) is 11.8 Å². The van der Waals surface area contributed by atoms with Crippen LogP contribution in [-0.4, -0.2) is 10.2 Å². The molecule has 0 spiro atoms. The lowest BCUT2D eigenvalue weighted by Gasteiger charge is -2.09. The molecule has 0 atom stereocenters. The number of aromatic nitrogens is 2. The summed E-state index contributed by atoms with van der Waals surface area (Å²) in [6, 6.07) is 21.2. The van der Waals surface area contributed by atoms with Crippen LogP contribution in [0.3, 0.4) is 0 Å². The van der Waals surface area contributed by atoms with Crippen LogP contribution in [0.15, 0.2) is 66.9 Å². The molecule has 1 aromatic heterocycles. The molecule has 0 fully saturated rings. The van der Waals surface area contributed by atoms with Crippen LogP contribution >= 0.6 is 0 Å². The molecule has 4 aromatic rings. The first-order valence-corrected chi connectivity index (χ1v) is 6.34. The van der Waals surface area contributed by atoms with Gasteiger partial charge in [-0.05, 0) is 33.7 Å². The van der Waals surface area contributed by atoms with Crippen molar-refractivity contribution in [1.29, 1.82) is 0 Å². The minimum atomic E-state index is 1.06. The molecule has 19 heavy (non-hydrogen) atoms. The maximum absolute atomic E-state index is 4.06. The van der Waals surface area contributed by atoms with Gasteiger partial charge in [-0.1, -0.05) is 48.5 Å². The number of hydrogen-bond acceptors (Lipinski definition) is 1. The minimum Gasteiger partial charge on any atom is -0.278 e. The number of nitrogens with zero attached hydrogens (tertiary/aromatic N) is 1. The third-order valence-corrected chi connectivity index (χ3v) is 3.56. The summed E-state index contributed by atoms with van der Waals surface area (Å²) in [5.41, 5.74) is 2.26. The van der Waals surface area contributed by atoms with Crippen molar-refractivity contribution in [2.24, 2.45) is 0 Å². The maximum Gasteiger partial charge on any atom is 0.0656 e. The van der Waals surface area contributed by atoms with E-state index in [9.17, 15) is 0 Å². The second-order valence-corrected chi connectivity index (χ2v) is 4.66. The number of hydrogen-bond donors (Lipinski definition) is 1. The highest BCUT2D eigenvalue weighted by Crippen LogP contribution is 2.33. The van der Waals surface area contributed by atoms with Crippen LogP contribution in [-0.2, 0) is 0 Å². The van der Waals surface area contributed by atoms with E-state index in [0.29, 0.717) is 0 Å². The number of nitrogens with one attached hydrogen (secondary N) is 1. The number of aromatic amines is 1. The van der Waals surface area contributed by atoms with Gasteiger partial charge in [-0.2, -0.15) is 5.10 Å². The fourth-order valence-corrected chi connectivity index (χ4v) is 2.68. The molecule has 2 heteroatoms. The van der Waals surface area contributed by atoms with E-state index in [1.807, 2.05) is 6.07 Å². The van der Waals surface area contributed by atoms with Gasteiger partial charge in [0.05, 0.1) is 5.69 Å². The standard InChI is InChI=1S/C17H12N2/c1-2-6-13-12(5-1)11-16(17-9-10-18-19-17)15-8-4-3-7-14(13)15/h1-11H,(H,18,19). The van der Waals surface area contributed by atoms with Crippen molar-refractivity contribution in [2.45, 2.75) is 0 Å². The Morgan fingerprint density at radius 1 is 0.737 bits per heavy atom. The zero-order chi connectivity index (χ0) is 12.7. The number of fused-ring (bicyclic) bond motifs is 3. The smallest absolute Gasteiger partial charge is 0.0656 e. The normalized spacial score (nSPS) is 11.2. The molecule has 1 heterocycles. The molecule has 0 saturated carbocycles. The van der Waals surface area contributed by atoms with Crippen molar-refractivity contribution in [3.05, 3.63) is 66.9 Å². The summed E-state index contributed by atoms with van der Waals surface area (Å²) in [5, 5.41) is 12.2. The molecule has 3 aromatic carbocycles. The second-order valence-electron chi connectivity index (χ2n) is 4.66. The first-order chi connectivity index (χ1) is 9.43. The van der Waals surface area contributed by atoms with Crippen molar-refractivity contribution >= 4 is 21.5 Å². The summed E-state index contributed by atoms with van der Waals surface area (Å²) in [5.74, 6) is 0. The van der Waals surface area contributed by atoms with E-state index in [1.54, 1.807) is 6.20 Å². The van der Waals surface area contributed by atoms with Crippen molar-refractivity contribution in [1.82, 2.24) is 10.2 Å². The van der Waals surface area contributed by atoms with Crippen LogP contribution < -0.4 is 0 Å². The summed E-state index contributed by atoms with van der Waals surface area (Å²) in [6.07, 6.45) is 1.79. The molecule has 0 bridgehead atoms. The Kier molecular flexibility index (Phi) is 2.15. The molecular weight excluding hydrogens is 232 g/mol. The Morgan fingerprint density at radius 3 is 2.26 bits per heavy atom. The molecule has 0 aliphatic carbocycles. The van der Waals surface area contributed by atoms with E-state index in [0.717, 1.165) is 5.69 Å². The highest BCUT2D eigenvalue weighted by Gasteiger charge is 2.08. The van der Waals surface area contributed by atoms with E-state index in [2.05, 4.69) is 64.8 Å². The zero-order valence-electron chi connectivity index (χ0n) is 10.3. The summed E-state index contributed by atoms with van der Waals surface area (Å²) in [6.45, 7) is 0. The van der Waals surface area contributed by atoms with Gasteiger partial charge in [0.1, 0.15) is 0 Å². The Labute approximate surface area is 110 Å². The maximum atomic E-state index is 4.06. The Balaban J connectivity index is 2.22. The number of benzene rings is 3. The van der Waals surface area contributed by atoms with Gasteiger partial charge in [-0.3, -0.25) is 5.10 Å². The summed E-state index contributed by atoms with van der Waals surface area (Å²) < 4.78 is 0. The van der Waals surface area contributed by atoms with E-state index in [-0.39, 0.29) is 0 Å². The van der Waals surface area contributed by atoms with Gasteiger partial charge in [0.2, 0.25) is 0 Å². The van der Waals surface area contributed by atoms with Gasteiger partial charge in [-0.25, -0.2) is 0 Å². The topological polar surface area (TPSA) is 28.7 Å². The lowest BCUT2D eigenvalue weighted by atomic mass is 9.96. The van der Waals surface area contributed by atoms with E-state index >= 15 is 0 Å². The molecule has 0 saturated heterocycles. The van der Waals surface area contributed by atoms with E-state index in [4.69, 9.17) is 0 Å². The first kappa shape index (κ1) is 10.3. The summed E-state index contributed by atoms with van der Waals surface area (Å²) in [4.78, 5) is 0. The van der Waals surface area contributed by atoms with Crippen LogP contribution in [0, 0.1) is 0 Å². The van der Waals surface area contributed by atoms with E-state index in [1.165, 1.54) is 27.1 Å². The molecule has 0 aliphatic heterocycles. The molecule has 2 nitrogen and oxygen atoms in total. The van der Waals surface area contributed by atoms with Crippen LogP contribution in [0.25, 0.3) is 32.8 Å². The molecular formula is C17H12N2. The fourth-order valence-electron chi connectivity index (χ4n) is 2.68. The third-order valence-electron chi connectivity index (χ3n) is 3.56. The Morgan fingerprint density at radius 2 is 1.47 bits per heavy atom. The minimum absolute atomic E-state index is 1.06. The molecule has 1 N–H and O–H groups in total. The van der Waals surface area contributed by atoms with Crippen LogP contribution in [0.1, 0.15) is 0 Å². The van der Waals surface area contributed by atoms with Crippen molar-refractivity contribution in [2.75, 3.05) is 0 Å². The van der Waals surface area contributed by atoms with Crippen molar-refractivity contribution in [3.8, 4) is 11.3 Å². The molecule has 4 rings (SSSR count). The number of rotatable bonds is 1. The third kappa shape index (κ3) is 1.54. The van der Waals surface area contributed by atoms with E-state index < -0.39 is 0 Å². The number of H-pyrrole nitrogens is 1. The molecule has 0 radical (unpaired) electrons. The van der Waals surface area contributed by atoms with Crippen LogP contribution in [0.2, 0.25) is 0 Å². The molecule has 90 valence electrons. The van der Waals surface area contributed by atoms with Gasteiger partial charge >= 0.3 is 0 Å². The Bertz CT molecular complexity index is 861. The van der Waals surface area contributed by atoms with Crippen molar-refractivity contribution < 1.29 is 0 Å². The quantitative estimate of drug-likeness (QED) is 0.494. The van der Waals surface area contributed by atoms with Gasteiger partial charge in [-0.15, -0.1) is 0 Å². The van der Waals surface area contributed by atoms with Gasteiger partial charge < -0.3 is 0 Å². The predicted octanol–water partition coefficient (Wildman–Crippen LogP) is 4.38. The van der Waals surface area contributed by atoms with Crippen LogP contribution in [0.5, 0.6) is 0 Å². The fraction of sp³-hybridized carbons (Fsp3) is 0. The highest BCUT2D eigenvalue weighted by molar-refractivity contribution is 6.13. The largest absolute Gasteiger partial charge is 0.278 e. The zero-order valence-corrected chi connectivity index (χ0v) is 10.3. The highest BCUT2D eigenvalue weighted by atomic mass is 15.1. The van der Waals surface area contributed by atoms with Crippen molar-refractivity contribution in [3.63, 3.8) is 0 Å². The summed E-state index contributed by atoms with van der Waals surface area (Å²) >= 11 is 0. The first-order valence-electron chi connectivity index (χ1n) is 6.34. The molecule has 0 unspecified atom stereocenters. The Hall–Kier alpha value is -2.61. The average Bonchev–Trinajstić information content (AvgIpc) is 3.00. The average molecular weight is 244 g/mol. The molecule has 0 aliphatic rings. The van der Waals surface area contributed by atoms with Gasteiger partial charge in [0.25, 0.3) is 0 Å². The molecule has 0 amide bonds. The predicted molar refractivity (Wildman–Crippen MR) is 79.0 cm³/mol. The second kappa shape index (κ2) is 3.95. The lowest BCUT2D eigenvalue weighted by molar-refractivity contribution is 1.10. The SMILES string of the molecule is c1ccc2c(c1)cc(-c1ccn[nH]1)c1ccccc12. The summed E-state index contributed by atoms with van der Waals surface area (Å²) in [7, 11) is 0. The lowest BCUT2D eigenvalue weighted by Crippen LogP contribution is -1.84. The monoisotopic (exact) mass is 244 g/mol. The van der Waals surface area contributed by atoms with Gasteiger partial charge in [0.15, 0.2) is 0 Å².